The highest BCUT2D eigenvalue weighted by Gasteiger charge is 2.43. The summed E-state index contributed by atoms with van der Waals surface area (Å²) < 4.78 is 0. The highest BCUT2D eigenvalue weighted by Crippen LogP contribution is 2.38. The van der Waals surface area contributed by atoms with Crippen LogP contribution in [-0.4, -0.2) is 27.3 Å². The third-order valence-corrected chi connectivity index (χ3v) is 5.14. The zero-order valence-electron chi connectivity index (χ0n) is 12.6. The third-order valence-electron chi connectivity index (χ3n) is 4.10. The van der Waals surface area contributed by atoms with Gasteiger partial charge in [0, 0.05) is 18.4 Å². The van der Waals surface area contributed by atoms with Crippen molar-refractivity contribution in [3.05, 3.63) is 45.7 Å². The van der Waals surface area contributed by atoms with Crippen molar-refractivity contribution in [3.8, 4) is 0 Å². The normalized spacial score (nSPS) is 21.8. The molecule has 0 bridgehead atoms. The lowest BCUT2D eigenvalue weighted by atomic mass is 9.97. The van der Waals surface area contributed by atoms with Crippen LogP contribution in [-0.2, 0) is 5.54 Å². The first-order chi connectivity index (χ1) is 10.0. The van der Waals surface area contributed by atoms with Gasteiger partial charge in [0.25, 0.3) is 5.91 Å². The number of aryl methyl sites for hydroxylation is 2. The summed E-state index contributed by atoms with van der Waals surface area (Å²) in [5.74, 6) is 0.847. The van der Waals surface area contributed by atoms with Gasteiger partial charge in [0.2, 0.25) is 0 Å². The zero-order chi connectivity index (χ0) is 15.0. The molecule has 5 heteroatoms. The van der Waals surface area contributed by atoms with Crippen LogP contribution in [0.5, 0.6) is 0 Å². The van der Waals surface area contributed by atoms with E-state index in [1.807, 2.05) is 36.3 Å². The Morgan fingerprint density at radius 2 is 2.24 bits per heavy atom. The van der Waals surface area contributed by atoms with Crippen molar-refractivity contribution < 1.29 is 4.79 Å². The number of rotatable bonds is 2. The van der Waals surface area contributed by atoms with Gasteiger partial charge in [-0.3, -0.25) is 4.79 Å². The Morgan fingerprint density at radius 1 is 1.43 bits per heavy atom. The van der Waals surface area contributed by atoms with Crippen molar-refractivity contribution in [1.29, 1.82) is 0 Å². The summed E-state index contributed by atoms with van der Waals surface area (Å²) >= 11 is 1.51. The fourth-order valence-corrected chi connectivity index (χ4v) is 3.75. The molecule has 1 saturated heterocycles. The predicted octanol–water partition coefficient (Wildman–Crippen LogP) is 3.31. The molecule has 0 unspecified atom stereocenters. The minimum Gasteiger partial charge on any atom is -0.325 e. The van der Waals surface area contributed by atoms with E-state index in [2.05, 4.69) is 16.9 Å². The maximum absolute atomic E-state index is 12.8. The lowest BCUT2D eigenvalue weighted by Gasteiger charge is -2.33. The van der Waals surface area contributed by atoms with Gasteiger partial charge in [-0.2, -0.15) is 0 Å². The fourth-order valence-electron chi connectivity index (χ4n) is 2.91. The molecule has 2 aromatic rings. The molecule has 110 valence electrons. The first kappa shape index (κ1) is 14.2. The van der Waals surface area contributed by atoms with Crippen LogP contribution >= 0.6 is 11.3 Å². The Morgan fingerprint density at radius 3 is 2.90 bits per heavy atom. The number of hydrogen-bond acceptors (Lipinski definition) is 4. The molecule has 3 rings (SSSR count). The van der Waals surface area contributed by atoms with Crippen LogP contribution in [0.3, 0.4) is 0 Å². The van der Waals surface area contributed by atoms with Crippen molar-refractivity contribution in [2.75, 3.05) is 6.54 Å². The van der Waals surface area contributed by atoms with Crippen molar-refractivity contribution in [3.63, 3.8) is 0 Å². The first-order valence-corrected chi connectivity index (χ1v) is 8.06. The van der Waals surface area contributed by atoms with Gasteiger partial charge in [-0.05, 0) is 56.7 Å². The molecule has 3 heterocycles. The van der Waals surface area contributed by atoms with E-state index in [0.717, 1.165) is 41.3 Å². The SMILES string of the molecule is Cc1csc(C(=O)N2CCC[C@@]2(C)c2nccc(C)n2)c1. The monoisotopic (exact) mass is 301 g/mol. The summed E-state index contributed by atoms with van der Waals surface area (Å²) in [6.07, 6.45) is 3.68. The number of thiophene rings is 1. The Labute approximate surface area is 128 Å². The van der Waals surface area contributed by atoms with Crippen molar-refractivity contribution in [2.24, 2.45) is 0 Å². The van der Waals surface area contributed by atoms with Crippen molar-refractivity contribution >= 4 is 17.2 Å². The number of amides is 1. The molecule has 21 heavy (non-hydrogen) atoms. The summed E-state index contributed by atoms with van der Waals surface area (Å²) in [6, 6.07) is 3.85. The maximum atomic E-state index is 12.8. The molecule has 2 aromatic heterocycles. The van der Waals surface area contributed by atoms with Crippen LogP contribution in [0.4, 0.5) is 0 Å². The van der Waals surface area contributed by atoms with E-state index in [-0.39, 0.29) is 5.91 Å². The Kier molecular flexibility index (Phi) is 3.53. The average Bonchev–Trinajstić information content (AvgIpc) is 3.05. The smallest absolute Gasteiger partial charge is 0.264 e. The third kappa shape index (κ3) is 2.46. The Balaban J connectivity index is 1.96. The molecular weight excluding hydrogens is 282 g/mol. The molecule has 1 aliphatic rings. The topological polar surface area (TPSA) is 46.1 Å². The Bertz CT molecular complexity index is 682. The summed E-state index contributed by atoms with van der Waals surface area (Å²) in [4.78, 5) is 24.5. The highest BCUT2D eigenvalue weighted by atomic mass is 32.1. The van der Waals surface area contributed by atoms with Gasteiger partial charge in [-0.1, -0.05) is 0 Å². The van der Waals surface area contributed by atoms with E-state index in [4.69, 9.17) is 0 Å². The molecule has 0 saturated carbocycles. The summed E-state index contributed by atoms with van der Waals surface area (Å²) in [6.45, 7) is 6.81. The van der Waals surface area contributed by atoms with E-state index < -0.39 is 5.54 Å². The molecule has 0 spiro atoms. The van der Waals surface area contributed by atoms with E-state index in [1.54, 1.807) is 6.20 Å². The van der Waals surface area contributed by atoms with Gasteiger partial charge in [0.05, 0.1) is 4.88 Å². The minimum absolute atomic E-state index is 0.0956. The van der Waals surface area contributed by atoms with Crippen LogP contribution in [0, 0.1) is 13.8 Å². The molecule has 0 radical (unpaired) electrons. The predicted molar refractivity (Wildman–Crippen MR) is 83.4 cm³/mol. The van der Waals surface area contributed by atoms with E-state index in [1.165, 1.54) is 11.3 Å². The molecule has 1 aliphatic heterocycles. The number of hydrogen-bond donors (Lipinski definition) is 0. The van der Waals surface area contributed by atoms with E-state index >= 15 is 0 Å². The van der Waals surface area contributed by atoms with Gasteiger partial charge in [0.15, 0.2) is 5.82 Å². The largest absolute Gasteiger partial charge is 0.325 e. The lowest BCUT2D eigenvalue weighted by molar-refractivity contribution is 0.0608. The fraction of sp³-hybridized carbons (Fsp3) is 0.438. The molecule has 1 atom stereocenters. The van der Waals surface area contributed by atoms with E-state index in [9.17, 15) is 4.79 Å². The second-order valence-corrected chi connectivity index (χ2v) is 6.76. The summed E-state index contributed by atoms with van der Waals surface area (Å²) in [5, 5.41) is 2.02. The first-order valence-electron chi connectivity index (χ1n) is 7.18. The lowest BCUT2D eigenvalue weighted by Crippen LogP contribution is -2.43. The number of carbonyl (C=O) groups excluding carboxylic acids is 1. The van der Waals surface area contributed by atoms with Crippen molar-refractivity contribution in [1.82, 2.24) is 14.9 Å². The molecule has 4 nitrogen and oxygen atoms in total. The number of likely N-dealkylation sites (tertiary alicyclic amines) is 1. The maximum Gasteiger partial charge on any atom is 0.264 e. The number of nitrogens with zero attached hydrogens (tertiary/aromatic N) is 3. The van der Waals surface area contributed by atoms with Crippen LogP contribution in [0.25, 0.3) is 0 Å². The molecular formula is C16H19N3OS. The van der Waals surface area contributed by atoms with E-state index in [0.29, 0.717) is 0 Å². The second-order valence-electron chi connectivity index (χ2n) is 5.84. The summed E-state index contributed by atoms with van der Waals surface area (Å²) in [5.41, 5.74) is 1.67. The Hall–Kier alpha value is -1.75. The van der Waals surface area contributed by atoms with Gasteiger partial charge in [-0.15, -0.1) is 11.3 Å². The van der Waals surface area contributed by atoms with Gasteiger partial charge in [-0.25, -0.2) is 9.97 Å². The van der Waals surface area contributed by atoms with Crippen molar-refractivity contribution in [2.45, 2.75) is 39.2 Å². The molecule has 0 aliphatic carbocycles. The van der Waals surface area contributed by atoms with Crippen LogP contribution in [0.15, 0.2) is 23.7 Å². The number of aromatic nitrogens is 2. The van der Waals surface area contributed by atoms with Gasteiger partial charge >= 0.3 is 0 Å². The standard InChI is InChI=1S/C16H19N3OS/c1-11-9-13(21-10-11)14(20)19-8-4-6-16(19,3)15-17-7-5-12(2)18-15/h5,7,9-10H,4,6,8H2,1-3H3/t16-/m0/s1. The molecule has 1 amide bonds. The second kappa shape index (κ2) is 5.22. The molecule has 0 aromatic carbocycles. The molecule has 1 fully saturated rings. The highest BCUT2D eigenvalue weighted by molar-refractivity contribution is 7.12. The number of carbonyl (C=O) groups is 1. The molecule has 0 N–H and O–H groups in total. The van der Waals surface area contributed by atoms with Crippen LogP contribution in [0.1, 0.15) is 46.5 Å². The zero-order valence-corrected chi connectivity index (χ0v) is 13.4. The quantitative estimate of drug-likeness (QED) is 0.855. The average molecular weight is 301 g/mol. The summed E-state index contributed by atoms with van der Waals surface area (Å²) in [7, 11) is 0. The van der Waals surface area contributed by atoms with Gasteiger partial charge < -0.3 is 4.90 Å². The van der Waals surface area contributed by atoms with Gasteiger partial charge in [0.1, 0.15) is 5.54 Å². The minimum atomic E-state index is -0.402. The van der Waals surface area contributed by atoms with Crippen LogP contribution in [0.2, 0.25) is 0 Å². The van der Waals surface area contributed by atoms with Crippen LogP contribution < -0.4 is 0 Å².